The van der Waals surface area contributed by atoms with E-state index in [0.29, 0.717) is 10.7 Å². The van der Waals surface area contributed by atoms with Gasteiger partial charge in [-0.15, -0.1) is 0 Å². The van der Waals surface area contributed by atoms with Crippen molar-refractivity contribution in [2.75, 3.05) is 4.90 Å². The number of imide groups is 1. The first-order valence-corrected chi connectivity index (χ1v) is 7.00. The first kappa shape index (κ1) is 13.8. The molecule has 0 spiro atoms. The van der Waals surface area contributed by atoms with Crippen molar-refractivity contribution >= 4 is 29.1 Å². The molecule has 0 bridgehead atoms. The standard InChI is InChI=1S/C15H14ClN3O2/c1-9-7-10(2)19(17-9)13-8-14(20)18(15(13)21)12-5-3-11(16)4-6-12/h3-7,13H,8H2,1-2H3. The number of halogens is 1. The molecule has 2 amide bonds. The van der Waals surface area contributed by atoms with Gasteiger partial charge in [-0.25, -0.2) is 4.90 Å². The van der Waals surface area contributed by atoms with Crippen LogP contribution < -0.4 is 4.90 Å². The molecule has 1 aliphatic heterocycles. The van der Waals surface area contributed by atoms with Gasteiger partial charge in [-0.05, 0) is 44.2 Å². The van der Waals surface area contributed by atoms with Crippen LogP contribution in [0.5, 0.6) is 0 Å². The van der Waals surface area contributed by atoms with Crippen molar-refractivity contribution in [2.45, 2.75) is 26.3 Å². The molecule has 2 aromatic rings. The Morgan fingerprint density at radius 2 is 1.86 bits per heavy atom. The van der Waals surface area contributed by atoms with Crippen molar-refractivity contribution in [1.82, 2.24) is 9.78 Å². The van der Waals surface area contributed by atoms with Crippen LogP contribution in [0.1, 0.15) is 23.9 Å². The smallest absolute Gasteiger partial charge is 0.259 e. The third-order valence-corrected chi connectivity index (χ3v) is 3.80. The molecule has 0 saturated carbocycles. The van der Waals surface area contributed by atoms with Crippen LogP contribution in [0.4, 0.5) is 5.69 Å². The van der Waals surface area contributed by atoms with E-state index in [0.717, 1.165) is 11.4 Å². The van der Waals surface area contributed by atoms with Gasteiger partial charge in [-0.3, -0.25) is 14.3 Å². The van der Waals surface area contributed by atoms with Gasteiger partial charge in [-0.1, -0.05) is 11.6 Å². The number of aryl methyl sites for hydroxylation is 2. The molecule has 108 valence electrons. The maximum absolute atomic E-state index is 12.6. The third-order valence-electron chi connectivity index (χ3n) is 3.55. The first-order chi connectivity index (χ1) is 9.97. The van der Waals surface area contributed by atoms with Gasteiger partial charge in [0.05, 0.1) is 17.8 Å². The fourth-order valence-corrected chi connectivity index (χ4v) is 2.76. The van der Waals surface area contributed by atoms with Crippen molar-refractivity contribution in [2.24, 2.45) is 0 Å². The van der Waals surface area contributed by atoms with E-state index in [-0.39, 0.29) is 18.2 Å². The zero-order valence-electron chi connectivity index (χ0n) is 11.7. The minimum atomic E-state index is -0.568. The van der Waals surface area contributed by atoms with Crippen LogP contribution >= 0.6 is 11.6 Å². The number of carbonyl (C=O) groups excluding carboxylic acids is 2. The number of anilines is 1. The molecule has 0 aliphatic carbocycles. The lowest BCUT2D eigenvalue weighted by Crippen LogP contribution is -2.31. The van der Waals surface area contributed by atoms with Crippen molar-refractivity contribution in [1.29, 1.82) is 0 Å². The van der Waals surface area contributed by atoms with Crippen LogP contribution in [0, 0.1) is 13.8 Å². The van der Waals surface area contributed by atoms with Gasteiger partial charge in [0.15, 0.2) is 0 Å². The molecule has 6 heteroatoms. The number of nitrogens with zero attached hydrogens (tertiary/aromatic N) is 3. The molecule has 1 fully saturated rings. The van der Waals surface area contributed by atoms with Crippen LogP contribution in [0.15, 0.2) is 30.3 Å². The number of amides is 2. The van der Waals surface area contributed by atoms with Crippen molar-refractivity contribution < 1.29 is 9.59 Å². The van der Waals surface area contributed by atoms with Gasteiger partial charge in [0.1, 0.15) is 6.04 Å². The molecule has 21 heavy (non-hydrogen) atoms. The quantitative estimate of drug-likeness (QED) is 0.802. The Morgan fingerprint density at radius 1 is 1.19 bits per heavy atom. The number of aromatic nitrogens is 2. The summed E-state index contributed by atoms with van der Waals surface area (Å²) in [6.07, 6.45) is 0.128. The summed E-state index contributed by atoms with van der Waals surface area (Å²) in [4.78, 5) is 26.0. The predicted molar refractivity (Wildman–Crippen MR) is 79.3 cm³/mol. The topological polar surface area (TPSA) is 55.2 Å². The van der Waals surface area contributed by atoms with Gasteiger partial charge in [0.25, 0.3) is 5.91 Å². The second-order valence-electron chi connectivity index (χ2n) is 5.14. The van der Waals surface area contributed by atoms with E-state index >= 15 is 0 Å². The number of hydrogen-bond acceptors (Lipinski definition) is 3. The SMILES string of the molecule is Cc1cc(C)n(C2CC(=O)N(c3ccc(Cl)cc3)C2=O)n1. The van der Waals surface area contributed by atoms with E-state index in [1.165, 1.54) is 4.90 Å². The Morgan fingerprint density at radius 3 is 2.43 bits per heavy atom. The molecule has 0 N–H and O–H groups in total. The van der Waals surface area contributed by atoms with Crippen molar-refractivity contribution in [3.8, 4) is 0 Å². The second kappa shape index (κ2) is 5.00. The van der Waals surface area contributed by atoms with Crippen LogP contribution in [0.2, 0.25) is 5.02 Å². The van der Waals surface area contributed by atoms with E-state index in [4.69, 9.17) is 11.6 Å². The maximum atomic E-state index is 12.6. The average Bonchev–Trinajstić information content (AvgIpc) is 2.91. The van der Waals surface area contributed by atoms with Crippen LogP contribution in [0.25, 0.3) is 0 Å². The molecule has 1 unspecified atom stereocenters. The van der Waals surface area contributed by atoms with E-state index in [9.17, 15) is 9.59 Å². The zero-order valence-corrected chi connectivity index (χ0v) is 12.5. The second-order valence-corrected chi connectivity index (χ2v) is 5.57. The lowest BCUT2D eigenvalue weighted by Gasteiger charge is -2.15. The number of hydrogen-bond donors (Lipinski definition) is 0. The fourth-order valence-electron chi connectivity index (χ4n) is 2.63. The summed E-state index contributed by atoms with van der Waals surface area (Å²) in [7, 11) is 0. The lowest BCUT2D eigenvalue weighted by molar-refractivity contribution is -0.122. The van der Waals surface area contributed by atoms with Gasteiger partial charge in [0.2, 0.25) is 5.91 Å². The number of rotatable bonds is 2. The van der Waals surface area contributed by atoms with E-state index in [1.54, 1.807) is 28.9 Å². The fraction of sp³-hybridized carbons (Fsp3) is 0.267. The molecule has 1 atom stereocenters. The molecular weight excluding hydrogens is 290 g/mol. The highest BCUT2D eigenvalue weighted by atomic mass is 35.5. The summed E-state index contributed by atoms with van der Waals surface area (Å²) in [5.41, 5.74) is 2.24. The minimum Gasteiger partial charge on any atom is -0.274 e. The lowest BCUT2D eigenvalue weighted by atomic mass is 10.2. The van der Waals surface area contributed by atoms with Crippen molar-refractivity contribution in [3.63, 3.8) is 0 Å². The molecule has 1 aromatic carbocycles. The molecule has 1 aliphatic rings. The predicted octanol–water partition coefficient (Wildman–Crippen LogP) is 2.66. The first-order valence-electron chi connectivity index (χ1n) is 6.62. The summed E-state index contributed by atoms with van der Waals surface area (Å²) in [6.45, 7) is 3.74. The number of carbonyl (C=O) groups is 2. The Bertz CT molecular complexity index is 721. The normalized spacial score (nSPS) is 18.6. The van der Waals surface area contributed by atoms with Crippen LogP contribution in [-0.4, -0.2) is 21.6 Å². The van der Waals surface area contributed by atoms with E-state index < -0.39 is 6.04 Å². The highest BCUT2D eigenvalue weighted by Crippen LogP contribution is 2.30. The monoisotopic (exact) mass is 303 g/mol. The van der Waals surface area contributed by atoms with Gasteiger partial charge < -0.3 is 0 Å². The Balaban J connectivity index is 1.95. The summed E-state index contributed by atoms with van der Waals surface area (Å²) in [5, 5.41) is 4.88. The third kappa shape index (κ3) is 2.34. The van der Waals surface area contributed by atoms with E-state index in [2.05, 4.69) is 5.10 Å². The summed E-state index contributed by atoms with van der Waals surface area (Å²) in [5.74, 6) is -0.478. The highest BCUT2D eigenvalue weighted by molar-refractivity contribution is 6.30. The molecule has 1 aromatic heterocycles. The van der Waals surface area contributed by atoms with Gasteiger partial charge in [0, 0.05) is 10.7 Å². The Kier molecular flexibility index (Phi) is 3.29. The molecule has 5 nitrogen and oxygen atoms in total. The van der Waals surface area contributed by atoms with Crippen molar-refractivity contribution in [3.05, 3.63) is 46.7 Å². The Labute approximate surface area is 127 Å². The maximum Gasteiger partial charge on any atom is 0.259 e. The zero-order chi connectivity index (χ0) is 15.1. The Hall–Kier alpha value is -2.14. The van der Waals surface area contributed by atoms with Gasteiger partial charge in [-0.2, -0.15) is 5.10 Å². The molecule has 0 radical (unpaired) electrons. The van der Waals surface area contributed by atoms with Crippen LogP contribution in [-0.2, 0) is 9.59 Å². The average molecular weight is 304 g/mol. The summed E-state index contributed by atoms with van der Waals surface area (Å²) >= 11 is 5.84. The molecular formula is C15H14ClN3O2. The van der Waals surface area contributed by atoms with E-state index in [1.807, 2.05) is 19.9 Å². The van der Waals surface area contributed by atoms with Crippen LogP contribution in [0.3, 0.4) is 0 Å². The molecule has 3 rings (SSSR count). The summed E-state index contributed by atoms with van der Waals surface area (Å²) < 4.78 is 1.63. The highest BCUT2D eigenvalue weighted by Gasteiger charge is 2.41. The minimum absolute atomic E-state index is 0.128. The molecule has 2 heterocycles. The molecule has 1 saturated heterocycles. The largest absolute Gasteiger partial charge is 0.274 e. The number of benzene rings is 1. The summed E-state index contributed by atoms with van der Waals surface area (Å²) in [6, 6.07) is 7.98. The van der Waals surface area contributed by atoms with Gasteiger partial charge >= 0.3 is 0 Å².